The van der Waals surface area contributed by atoms with E-state index in [1.807, 2.05) is 24.3 Å². The lowest BCUT2D eigenvalue weighted by Crippen LogP contribution is -2.63. The number of fused-ring (bicyclic) bond motifs is 3. The number of Topliss-reactive ketones (excluding diaryl/α,β-unsaturated/α-hetero) is 2. The third-order valence-corrected chi connectivity index (χ3v) is 8.15. The number of carbonyl (C=O) groups excluding carboxylic acids is 3. The molecule has 3 aliphatic carbocycles. The van der Waals surface area contributed by atoms with Crippen LogP contribution in [0.15, 0.2) is 59.1 Å². The number of allylic oxidation sites excluding steroid dienone is 1. The molecule has 4 unspecified atom stereocenters. The summed E-state index contributed by atoms with van der Waals surface area (Å²) < 4.78 is 5.24. The largest absolute Gasteiger partial charge is 0.510 e. The number of aliphatic hydroxyl groups is 3. The van der Waals surface area contributed by atoms with Crippen LogP contribution in [0.4, 0.5) is 0 Å². The number of amides is 1. The average Bonchev–Trinajstić information content (AvgIpc) is 2.86. The van der Waals surface area contributed by atoms with Crippen LogP contribution in [0.1, 0.15) is 27.9 Å². The minimum absolute atomic E-state index is 0.0228. The van der Waals surface area contributed by atoms with Gasteiger partial charge in [0, 0.05) is 18.6 Å². The first-order valence-electron chi connectivity index (χ1n) is 12.5. The van der Waals surface area contributed by atoms with Crippen molar-refractivity contribution in [1.82, 2.24) is 4.90 Å². The summed E-state index contributed by atoms with van der Waals surface area (Å²) in [5.74, 6) is -6.72. The second kappa shape index (κ2) is 9.33. The maximum atomic E-state index is 13.9. The molecular weight excluding hydrogens is 504 g/mol. The van der Waals surface area contributed by atoms with E-state index in [1.54, 1.807) is 27.3 Å². The van der Waals surface area contributed by atoms with E-state index < -0.39 is 58.0 Å². The number of ether oxygens (including phenoxy) is 1. The number of aromatic hydroxyl groups is 1. The summed E-state index contributed by atoms with van der Waals surface area (Å²) in [5, 5.41) is 44.7. The molecule has 0 aromatic heterocycles. The van der Waals surface area contributed by atoms with Gasteiger partial charge in [-0.2, -0.15) is 0 Å². The number of phenolic OH excluding ortho intramolecular Hbond substituents is 1. The van der Waals surface area contributed by atoms with Crippen LogP contribution in [-0.4, -0.2) is 75.6 Å². The molecule has 10 nitrogen and oxygen atoms in total. The van der Waals surface area contributed by atoms with Gasteiger partial charge in [-0.05, 0) is 67.2 Å². The monoisotopic (exact) mass is 534 g/mol. The summed E-state index contributed by atoms with van der Waals surface area (Å²) in [6.45, 7) is 0.390. The van der Waals surface area contributed by atoms with E-state index in [4.69, 9.17) is 10.5 Å². The zero-order valence-electron chi connectivity index (χ0n) is 21.8. The van der Waals surface area contributed by atoms with Gasteiger partial charge in [0.2, 0.25) is 5.78 Å². The molecule has 0 spiro atoms. The number of likely N-dealkylation sites (N-methyl/N-ethyl adjacent to an activating group) is 1. The average molecular weight is 535 g/mol. The third kappa shape index (κ3) is 3.78. The Labute approximate surface area is 224 Å². The molecule has 0 saturated carbocycles. The van der Waals surface area contributed by atoms with Crippen molar-refractivity contribution in [1.29, 1.82) is 0 Å². The lowest BCUT2D eigenvalue weighted by atomic mass is 9.58. The normalized spacial score (nSPS) is 26.4. The Kier molecular flexibility index (Phi) is 6.37. The zero-order chi connectivity index (χ0) is 28.4. The lowest BCUT2D eigenvalue weighted by Gasteiger charge is -2.50. The van der Waals surface area contributed by atoms with E-state index in [0.717, 1.165) is 16.7 Å². The zero-order valence-corrected chi connectivity index (χ0v) is 21.8. The van der Waals surface area contributed by atoms with Crippen LogP contribution in [0.25, 0.3) is 11.1 Å². The van der Waals surface area contributed by atoms with Gasteiger partial charge in [0.15, 0.2) is 11.4 Å². The van der Waals surface area contributed by atoms with Crippen molar-refractivity contribution in [3.63, 3.8) is 0 Å². The number of nitrogens with two attached hydrogens (primary N) is 1. The molecule has 39 heavy (non-hydrogen) atoms. The highest BCUT2D eigenvalue weighted by atomic mass is 16.5. The summed E-state index contributed by atoms with van der Waals surface area (Å²) in [6, 6.07) is 9.67. The molecule has 0 saturated heterocycles. The Morgan fingerprint density at radius 2 is 1.87 bits per heavy atom. The fraction of sp³-hybridized carbons (Fsp3) is 0.345. The van der Waals surface area contributed by atoms with Crippen molar-refractivity contribution in [2.45, 2.75) is 31.1 Å². The molecule has 2 aromatic rings. The van der Waals surface area contributed by atoms with Crippen molar-refractivity contribution in [3.8, 4) is 16.9 Å². The molecule has 204 valence electrons. The summed E-state index contributed by atoms with van der Waals surface area (Å²) in [5.41, 5.74) is 4.69. The van der Waals surface area contributed by atoms with Crippen molar-refractivity contribution < 1.29 is 39.5 Å². The fourth-order valence-corrected chi connectivity index (χ4v) is 6.52. The van der Waals surface area contributed by atoms with Crippen molar-refractivity contribution in [3.05, 3.63) is 75.8 Å². The first-order valence-corrected chi connectivity index (χ1v) is 12.5. The van der Waals surface area contributed by atoms with E-state index in [9.17, 15) is 34.8 Å². The standard InChI is InChI=1S/C29H30N2O8/c1-31(2)23-18-11-15-10-17-16(14-6-4-5-13(9-14)12-39-3)7-8-19(32)21(17)24(33)20(15)26(35)29(18,38)27(36)22(25(23)34)28(30)37/h4-9,15,18,23,32,34-35,38H,10-12H2,1-3H3,(H2,30,37). The SMILES string of the molecule is COCc1cccc(-c2ccc(O)c3c2CC2CC4C(N(C)C)C(O)=C(C(N)=O)C(=O)C4(O)C(O)=C2C3=O)c1. The third-order valence-electron chi connectivity index (χ3n) is 8.15. The maximum absolute atomic E-state index is 13.9. The van der Waals surface area contributed by atoms with E-state index in [-0.39, 0.29) is 29.7 Å². The van der Waals surface area contributed by atoms with Crippen LogP contribution >= 0.6 is 0 Å². The van der Waals surface area contributed by atoms with E-state index in [2.05, 4.69) is 0 Å². The van der Waals surface area contributed by atoms with Gasteiger partial charge < -0.3 is 30.9 Å². The first kappa shape index (κ1) is 26.6. The quantitative estimate of drug-likeness (QED) is 0.360. The van der Waals surface area contributed by atoms with Crippen molar-refractivity contribution in [2.75, 3.05) is 21.2 Å². The van der Waals surface area contributed by atoms with Crippen LogP contribution in [0.2, 0.25) is 0 Å². The van der Waals surface area contributed by atoms with E-state index in [1.165, 1.54) is 11.0 Å². The number of benzene rings is 2. The van der Waals surface area contributed by atoms with Crippen LogP contribution in [0.3, 0.4) is 0 Å². The molecule has 10 heteroatoms. The van der Waals surface area contributed by atoms with Gasteiger partial charge >= 0.3 is 0 Å². The second-order valence-corrected chi connectivity index (χ2v) is 10.6. The van der Waals surface area contributed by atoms with Crippen molar-refractivity contribution >= 4 is 17.5 Å². The van der Waals surface area contributed by atoms with Crippen LogP contribution in [-0.2, 0) is 27.4 Å². The number of methoxy groups -OCH3 is 1. The van der Waals surface area contributed by atoms with Crippen LogP contribution < -0.4 is 5.73 Å². The minimum Gasteiger partial charge on any atom is -0.510 e. The van der Waals surface area contributed by atoms with Crippen LogP contribution in [0, 0.1) is 11.8 Å². The Morgan fingerprint density at radius 3 is 2.51 bits per heavy atom. The Hall–Kier alpha value is -3.99. The molecule has 1 amide bonds. The predicted molar refractivity (Wildman–Crippen MR) is 140 cm³/mol. The van der Waals surface area contributed by atoms with Gasteiger partial charge in [0.1, 0.15) is 22.8 Å². The van der Waals surface area contributed by atoms with E-state index >= 15 is 0 Å². The number of primary amides is 1. The first-order chi connectivity index (χ1) is 18.4. The summed E-state index contributed by atoms with van der Waals surface area (Å²) in [4.78, 5) is 40.9. The van der Waals surface area contributed by atoms with Crippen LogP contribution in [0.5, 0.6) is 5.75 Å². The number of carbonyl (C=O) groups is 3. The highest BCUT2D eigenvalue weighted by molar-refractivity contribution is 6.24. The highest BCUT2D eigenvalue weighted by Crippen LogP contribution is 2.53. The topological polar surface area (TPSA) is 171 Å². The fourth-order valence-electron chi connectivity index (χ4n) is 6.52. The predicted octanol–water partition coefficient (Wildman–Crippen LogP) is 1.93. The summed E-state index contributed by atoms with van der Waals surface area (Å²) in [6.07, 6.45) is 0.247. The van der Waals surface area contributed by atoms with Gasteiger partial charge in [-0.3, -0.25) is 19.3 Å². The molecular formula is C29H30N2O8. The summed E-state index contributed by atoms with van der Waals surface area (Å²) in [7, 11) is 4.78. The molecule has 2 aromatic carbocycles. The molecule has 5 rings (SSSR count). The molecule has 0 aliphatic heterocycles. The van der Waals surface area contributed by atoms with Gasteiger partial charge in [-0.25, -0.2) is 0 Å². The second-order valence-electron chi connectivity index (χ2n) is 10.6. The van der Waals surface area contributed by atoms with Gasteiger partial charge in [0.05, 0.1) is 18.2 Å². The molecule has 4 atom stereocenters. The number of ketones is 2. The Balaban J connectivity index is 1.70. The van der Waals surface area contributed by atoms with Gasteiger partial charge in [0.25, 0.3) is 5.91 Å². The Bertz CT molecular complexity index is 1490. The maximum Gasteiger partial charge on any atom is 0.255 e. The molecule has 0 heterocycles. The number of hydrogen-bond donors (Lipinski definition) is 5. The highest BCUT2D eigenvalue weighted by Gasteiger charge is 2.63. The van der Waals surface area contributed by atoms with Gasteiger partial charge in [-0.1, -0.05) is 24.3 Å². The molecule has 6 N–H and O–H groups in total. The number of hydrogen-bond acceptors (Lipinski definition) is 9. The van der Waals surface area contributed by atoms with Gasteiger partial charge in [-0.15, -0.1) is 0 Å². The number of aliphatic hydroxyl groups excluding tert-OH is 2. The lowest BCUT2D eigenvalue weighted by molar-refractivity contribution is -0.148. The molecule has 0 bridgehead atoms. The number of rotatable bonds is 5. The van der Waals surface area contributed by atoms with Crippen molar-refractivity contribution in [2.24, 2.45) is 17.6 Å². The molecule has 3 aliphatic rings. The molecule has 0 radical (unpaired) electrons. The minimum atomic E-state index is -2.66. The molecule has 0 fully saturated rings. The van der Waals surface area contributed by atoms with E-state index in [0.29, 0.717) is 12.2 Å². The number of phenols is 1. The Morgan fingerprint density at radius 1 is 1.15 bits per heavy atom. The smallest absolute Gasteiger partial charge is 0.255 e. The number of nitrogens with zero attached hydrogens (tertiary/aromatic N) is 1. The summed E-state index contributed by atoms with van der Waals surface area (Å²) >= 11 is 0.